The Morgan fingerprint density at radius 2 is 1.65 bits per heavy atom. The number of benzene rings is 1. The summed E-state index contributed by atoms with van der Waals surface area (Å²) in [6.07, 6.45) is 0. The van der Waals surface area contributed by atoms with Gasteiger partial charge < -0.3 is 14.4 Å². The molecule has 1 heterocycles. The van der Waals surface area contributed by atoms with Crippen molar-refractivity contribution in [2.24, 2.45) is 0 Å². The van der Waals surface area contributed by atoms with Gasteiger partial charge in [-0.2, -0.15) is 9.97 Å². The van der Waals surface area contributed by atoms with E-state index in [-0.39, 0.29) is 17.8 Å². The van der Waals surface area contributed by atoms with Crippen molar-refractivity contribution in [2.45, 2.75) is 6.54 Å². The number of methoxy groups -OCH3 is 2. The Bertz CT molecular complexity index is 572. The average molecular weight is 278 g/mol. The molecule has 2 aromatic rings. The van der Waals surface area contributed by atoms with E-state index in [4.69, 9.17) is 9.47 Å². The summed E-state index contributed by atoms with van der Waals surface area (Å²) in [6.45, 7) is 0.322. The van der Waals surface area contributed by atoms with Crippen LogP contribution >= 0.6 is 0 Å². The van der Waals surface area contributed by atoms with Crippen molar-refractivity contribution < 1.29 is 13.9 Å². The number of halogens is 1. The first kappa shape index (κ1) is 14.0. The second-order valence-electron chi connectivity index (χ2n) is 4.06. The van der Waals surface area contributed by atoms with Crippen molar-refractivity contribution in [1.29, 1.82) is 0 Å². The SMILES string of the molecule is COc1nc(OC)nc(N(C)Cc2ccccc2F)n1. The smallest absolute Gasteiger partial charge is 0.324 e. The van der Waals surface area contributed by atoms with Gasteiger partial charge in [0.05, 0.1) is 14.2 Å². The molecular weight excluding hydrogens is 263 g/mol. The van der Waals surface area contributed by atoms with Crippen LogP contribution in [0.2, 0.25) is 0 Å². The van der Waals surface area contributed by atoms with Crippen molar-refractivity contribution >= 4 is 5.95 Å². The number of hydrogen-bond donors (Lipinski definition) is 0. The standard InChI is InChI=1S/C13H15FN4O2/c1-18(8-9-6-4-5-7-10(9)14)11-15-12(19-2)17-13(16-11)20-3/h4-7H,8H2,1-3H3. The van der Waals surface area contributed by atoms with E-state index in [2.05, 4.69) is 15.0 Å². The Balaban J connectivity index is 2.24. The minimum Gasteiger partial charge on any atom is -0.467 e. The van der Waals surface area contributed by atoms with Gasteiger partial charge in [-0.15, -0.1) is 4.98 Å². The van der Waals surface area contributed by atoms with E-state index < -0.39 is 0 Å². The van der Waals surface area contributed by atoms with E-state index in [1.165, 1.54) is 20.3 Å². The van der Waals surface area contributed by atoms with Crippen LogP contribution in [0.15, 0.2) is 24.3 Å². The van der Waals surface area contributed by atoms with E-state index in [1.54, 1.807) is 30.1 Å². The van der Waals surface area contributed by atoms with Crippen LogP contribution in [0.25, 0.3) is 0 Å². The maximum Gasteiger partial charge on any atom is 0.324 e. The predicted octanol–water partition coefficient (Wildman–Crippen LogP) is 1.66. The molecule has 1 aromatic carbocycles. The van der Waals surface area contributed by atoms with Gasteiger partial charge in [-0.05, 0) is 6.07 Å². The van der Waals surface area contributed by atoms with Crippen molar-refractivity contribution in [3.63, 3.8) is 0 Å². The highest BCUT2D eigenvalue weighted by Crippen LogP contribution is 2.17. The van der Waals surface area contributed by atoms with Crippen molar-refractivity contribution in [3.8, 4) is 12.0 Å². The van der Waals surface area contributed by atoms with Crippen molar-refractivity contribution in [2.75, 3.05) is 26.2 Å². The van der Waals surface area contributed by atoms with Crippen LogP contribution in [0.4, 0.5) is 10.3 Å². The molecule has 0 saturated heterocycles. The number of rotatable bonds is 5. The largest absolute Gasteiger partial charge is 0.467 e. The van der Waals surface area contributed by atoms with Gasteiger partial charge in [0.1, 0.15) is 5.82 Å². The lowest BCUT2D eigenvalue weighted by atomic mass is 10.2. The third-order valence-electron chi connectivity index (χ3n) is 2.65. The van der Waals surface area contributed by atoms with E-state index in [0.29, 0.717) is 18.1 Å². The second-order valence-corrected chi connectivity index (χ2v) is 4.06. The van der Waals surface area contributed by atoms with Crippen LogP contribution in [-0.2, 0) is 6.54 Å². The van der Waals surface area contributed by atoms with Gasteiger partial charge in [-0.1, -0.05) is 18.2 Å². The lowest BCUT2D eigenvalue weighted by Crippen LogP contribution is -2.20. The summed E-state index contributed by atoms with van der Waals surface area (Å²) in [5.41, 5.74) is 0.549. The van der Waals surface area contributed by atoms with Gasteiger partial charge in [-0.3, -0.25) is 0 Å². The molecule has 0 aliphatic rings. The van der Waals surface area contributed by atoms with Crippen LogP contribution in [0.5, 0.6) is 12.0 Å². The molecule has 0 bridgehead atoms. The summed E-state index contributed by atoms with van der Waals surface area (Å²) < 4.78 is 23.6. The summed E-state index contributed by atoms with van der Waals surface area (Å²) in [5.74, 6) is 0.0734. The summed E-state index contributed by atoms with van der Waals surface area (Å²) in [6, 6.07) is 6.84. The third kappa shape index (κ3) is 3.11. The number of aromatic nitrogens is 3. The molecule has 0 atom stereocenters. The Labute approximate surface area is 116 Å². The van der Waals surface area contributed by atoms with Crippen LogP contribution in [0.3, 0.4) is 0 Å². The van der Waals surface area contributed by atoms with Crippen LogP contribution in [0, 0.1) is 5.82 Å². The summed E-state index contributed by atoms with van der Waals surface area (Å²) in [5, 5.41) is 0. The minimum atomic E-state index is -0.271. The lowest BCUT2D eigenvalue weighted by molar-refractivity contribution is 0.340. The molecule has 6 nitrogen and oxygen atoms in total. The van der Waals surface area contributed by atoms with Crippen molar-refractivity contribution in [3.05, 3.63) is 35.6 Å². The molecule has 0 fully saturated rings. The molecule has 0 aliphatic heterocycles. The van der Waals surface area contributed by atoms with Gasteiger partial charge in [0, 0.05) is 19.2 Å². The lowest BCUT2D eigenvalue weighted by Gasteiger charge is -2.17. The summed E-state index contributed by atoms with van der Waals surface area (Å²) in [7, 11) is 4.66. The first-order valence-electron chi connectivity index (χ1n) is 5.92. The third-order valence-corrected chi connectivity index (χ3v) is 2.65. The zero-order valence-electron chi connectivity index (χ0n) is 11.5. The molecule has 20 heavy (non-hydrogen) atoms. The average Bonchev–Trinajstić information content (AvgIpc) is 2.48. The number of ether oxygens (including phenoxy) is 2. The molecule has 2 rings (SSSR count). The highest BCUT2D eigenvalue weighted by atomic mass is 19.1. The van der Waals surface area contributed by atoms with E-state index in [0.717, 1.165) is 0 Å². The molecule has 0 saturated carbocycles. The fourth-order valence-corrected chi connectivity index (χ4v) is 1.63. The first-order chi connectivity index (χ1) is 9.63. The number of nitrogens with zero attached hydrogens (tertiary/aromatic N) is 4. The molecule has 0 radical (unpaired) electrons. The van der Waals surface area contributed by atoms with Gasteiger partial charge in [-0.25, -0.2) is 4.39 Å². The maximum absolute atomic E-state index is 13.6. The molecule has 0 N–H and O–H groups in total. The molecular formula is C13H15FN4O2. The highest BCUT2D eigenvalue weighted by molar-refractivity contribution is 5.33. The van der Waals surface area contributed by atoms with E-state index in [9.17, 15) is 4.39 Å². The molecule has 1 aromatic heterocycles. The van der Waals surface area contributed by atoms with Crippen LogP contribution in [-0.4, -0.2) is 36.2 Å². The van der Waals surface area contributed by atoms with Gasteiger partial charge in [0.2, 0.25) is 5.95 Å². The van der Waals surface area contributed by atoms with Crippen molar-refractivity contribution in [1.82, 2.24) is 15.0 Å². The normalized spacial score (nSPS) is 10.2. The molecule has 7 heteroatoms. The summed E-state index contributed by atoms with van der Waals surface area (Å²) >= 11 is 0. The molecule has 0 unspecified atom stereocenters. The second kappa shape index (κ2) is 6.14. The Morgan fingerprint density at radius 1 is 1.05 bits per heavy atom. The zero-order valence-corrected chi connectivity index (χ0v) is 11.5. The highest BCUT2D eigenvalue weighted by Gasteiger charge is 2.13. The molecule has 106 valence electrons. The number of hydrogen-bond acceptors (Lipinski definition) is 6. The predicted molar refractivity (Wildman–Crippen MR) is 71.4 cm³/mol. The Hall–Kier alpha value is -2.44. The zero-order chi connectivity index (χ0) is 14.5. The molecule has 0 amide bonds. The van der Waals surface area contributed by atoms with Crippen LogP contribution in [0.1, 0.15) is 5.56 Å². The monoisotopic (exact) mass is 278 g/mol. The van der Waals surface area contributed by atoms with Gasteiger partial charge in [0.15, 0.2) is 0 Å². The molecule has 0 spiro atoms. The maximum atomic E-state index is 13.6. The quantitative estimate of drug-likeness (QED) is 0.829. The minimum absolute atomic E-state index is 0.146. The number of anilines is 1. The molecule has 0 aliphatic carbocycles. The van der Waals surface area contributed by atoms with E-state index in [1.807, 2.05) is 0 Å². The van der Waals surface area contributed by atoms with Crippen LogP contribution < -0.4 is 14.4 Å². The fraction of sp³-hybridized carbons (Fsp3) is 0.308. The fourth-order valence-electron chi connectivity index (χ4n) is 1.63. The topological polar surface area (TPSA) is 60.4 Å². The van der Waals surface area contributed by atoms with Gasteiger partial charge in [0.25, 0.3) is 0 Å². The first-order valence-corrected chi connectivity index (χ1v) is 5.92. The summed E-state index contributed by atoms with van der Waals surface area (Å²) in [4.78, 5) is 13.8. The van der Waals surface area contributed by atoms with E-state index >= 15 is 0 Å². The Morgan fingerprint density at radius 3 is 2.20 bits per heavy atom. The Kier molecular flexibility index (Phi) is 4.29. The van der Waals surface area contributed by atoms with Gasteiger partial charge >= 0.3 is 12.0 Å².